The summed E-state index contributed by atoms with van der Waals surface area (Å²) in [5.41, 5.74) is 2.79. The number of fused-ring (bicyclic) bond motifs is 2. The smallest absolute Gasteiger partial charge is 0.307 e. The molecule has 0 bridgehead atoms. The van der Waals surface area contributed by atoms with Gasteiger partial charge in [0.15, 0.2) is 6.73 Å². The Morgan fingerprint density at radius 3 is 2.38 bits per heavy atom. The standard InChI is InChI=1S/C22H18N2O5/c1-13(25)10-11-18(26)29-12-24-17-9-5-3-7-15(17)19(22(24)28)20-21(27)14-6-2-4-8-16(14)23-20/h2-9,23H,10-12H2,1H3/b20-19-. The van der Waals surface area contributed by atoms with Crippen LogP contribution in [0.15, 0.2) is 54.2 Å². The number of ketones is 2. The molecule has 0 unspecified atom stereocenters. The molecule has 0 fully saturated rings. The molecule has 0 saturated heterocycles. The molecular formula is C22H18N2O5. The van der Waals surface area contributed by atoms with Crippen molar-refractivity contribution in [3.63, 3.8) is 0 Å². The van der Waals surface area contributed by atoms with E-state index >= 15 is 0 Å². The summed E-state index contributed by atoms with van der Waals surface area (Å²) in [6.45, 7) is 1.11. The molecule has 1 N–H and O–H groups in total. The Balaban J connectivity index is 1.64. The van der Waals surface area contributed by atoms with Crippen molar-refractivity contribution in [3.8, 4) is 0 Å². The predicted octanol–water partition coefficient (Wildman–Crippen LogP) is 2.92. The van der Waals surface area contributed by atoms with Gasteiger partial charge < -0.3 is 14.8 Å². The second-order valence-electron chi connectivity index (χ2n) is 6.85. The fourth-order valence-corrected chi connectivity index (χ4v) is 3.43. The highest BCUT2D eigenvalue weighted by molar-refractivity contribution is 6.39. The summed E-state index contributed by atoms with van der Waals surface area (Å²) in [4.78, 5) is 50.2. The minimum absolute atomic E-state index is 0.0394. The number of hydrogen-bond acceptors (Lipinski definition) is 6. The molecule has 0 radical (unpaired) electrons. The van der Waals surface area contributed by atoms with E-state index in [0.29, 0.717) is 22.5 Å². The van der Waals surface area contributed by atoms with Crippen molar-refractivity contribution in [2.24, 2.45) is 0 Å². The summed E-state index contributed by atoms with van der Waals surface area (Å²) in [6, 6.07) is 14.1. The fraction of sp³-hybridized carbons (Fsp3) is 0.182. The van der Waals surface area contributed by atoms with E-state index in [9.17, 15) is 19.2 Å². The number of carbonyl (C=O) groups is 4. The van der Waals surface area contributed by atoms with E-state index < -0.39 is 11.9 Å². The molecule has 2 aromatic rings. The lowest BCUT2D eigenvalue weighted by Gasteiger charge is -2.17. The lowest BCUT2D eigenvalue weighted by Crippen LogP contribution is -2.31. The minimum atomic E-state index is -0.561. The maximum absolute atomic E-state index is 13.2. The highest BCUT2D eigenvalue weighted by Gasteiger charge is 2.39. The molecule has 0 atom stereocenters. The molecule has 2 heterocycles. The van der Waals surface area contributed by atoms with E-state index in [1.54, 1.807) is 42.5 Å². The zero-order chi connectivity index (χ0) is 20.5. The monoisotopic (exact) mass is 390 g/mol. The molecule has 0 spiro atoms. The van der Waals surface area contributed by atoms with Crippen LogP contribution in [-0.4, -0.2) is 30.2 Å². The van der Waals surface area contributed by atoms with Crippen LogP contribution in [0.25, 0.3) is 5.57 Å². The third kappa shape index (κ3) is 3.31. The van der Waals surface area contributed by atoms with Crippen LogP contribution in [0.5, 0.6) is 0 Å². The average Bonchev–Trinajstić information content (AvgIpc) is 3.18. The lowest BCUT2D eigenvalue weighted by atomic mass is 10.0. The first-order valence-electron chi connectivity index (χ1n) is 9.18. The van der Waals surface area contributed by atoms with Crippen molar-refractivity contribution in [3.05, 3.63) is 65.4 Å². The number of rotatable bonds is 5. The van der Waals surface area contributed by atoms with Crippen molar-refractivity contribution < 1.29 is 23.9 Å². The first-order valence-corrected chi connectivity index (χ1v) is 9.18. The summed E-state index contributed by atoms with van der Waals surface area (Å²) in [5, 5.41) is 3.05. The topological polar surface area (TPSA) is 92.8 Å². The number of allylic oxidation sites excluding steroid dienone is 1. The average molecular weight is 390 g/mol. The number of amides is 1. The number of hydrogen-bond donors (Lipinski definition) is 1. The molecule has 4 rings (SSSR count). The number of carbonyl (C=O) groups excluding carboxylic acids is 4. The van der Waals surface area contributed by atoms with Gasteiger partial charge >= 0.3 is 5.97 Å². The van der Waals surface area contributed by atoms with E-state index in [2.05, 4.69) is 5.32 Å². The number of anilines is 2. The molecule has 2 aromatic carbocycles. The second kappa shape index (κ2) is 7.35. The van der Waals surface area contributed by atoms with Gasteiger partial charge in [-0.15, -0.1) is 0 Å². The molecule has 0 aliphatic carbocycles. The van der Waals surface area contributed by atoms with E-state index in [0.717, 1.165) is 0 Å². The van der Waals surface area contributed by atoms with Crippen molar-refractivity contribution >= 4 is 40.4 Å². The van der Waals surface area contributed by atoms with Crippen LogP contribution in [0.2, 0.25) is 0 Å². The number of benzene rings is 2. The third-order valence-corrected chi connectivity index (χ3v) is 4.87. The predicted molar refractivity (Wildman–Crippen MR) is 106 cm³/mol. The van der Waals surface area contributed by atoms with Gasteiger partial charge in [0, 0.05) is 23.2 Å². The van der Waals surface area contributed by atoms with E-state index in [-0.39, 0.29) is 42.4 Å². The molecule has 146 valence electrons. The maximum Gasteiger partial charge on any atom is 0.307 e. The summed E-state index contributed by atoms with van der Waals surface area (Å²) in [7, 11) is 0. The van der Waals surface area contributed by atoms with Crippen molar-refractivity contribution in [1.82, 2.24) is 0 Å². The first kappa shape index (κ1) is 18.6. The zero-order valence-electron chi connectivity index (χ0n) is 15.7. The van der Waals surface area contributed by atoms with Gasteiger partial charge in [-0.05, 0) is 25.1 Å². The van der Waals surface area contributed by atoms with Crippen LogP contribution in [0.4, 0.5) is 11.4 Å². The van der Waals surface area contributed by atoms with Crippen LogP contribution in [0.3, 0.4) is 0 Å². The van der Waals surface area contributed by atoms with Crippen molar-refractivity contribution in [2.75, 3.05) is 16.9 Å². The molecule has 7 heteroatoms. The Kier molecular flexibility index (Phi) is 4.72. The van der Waals surface area contributed by atoms with Crippen LogP contribution < -0.4 is 10.2 Å². The van der Waals surface area contributed by atoms with Crippen molar-refractivity contribution in [2.45, 2.75) is 19.8 Å². The van der Waals surface area contributed by atoms with Gasteiger partial charge in [0.1, 0.15) is 11.5 Å². The number of para-hydroxylation sites is 2. The Hall–Kier alpha value is -3.74. The first-order chi connectivity index (χ1) is 14.0. The summed E-state index contributed by atoms with van der Waals surface area (Å²) >= 11 is 0. The molecule has 2 aliphatic heterocycles. The Labute approximate surface area is 167 Å². The van der Waals surface area contributed by atoms with Gasteiger partial charge in [-0.1, -0.05) is 30.3 Å². The van der Waals surface area contributed by atoms with E-state index in [1.807, 2.05) is 6.07 Å². The normalized spacial score (nSPS) is 17.1. The van der Waals surface area contributed by atoms with Gasteiger partial charge in [0.05, 0.1) is 17.7 Å². The van der Waals surface area contributed by atoms with Crippen LogP contribution >= 0.6 is 0 Å². The van der Waals surface area contributed by atoms with Crippen LogP contribution in [0.1, 0.15) is 35.7 Å². The Morgan fingerprint density at radius 2 is 1.66 bits per heavy atom. The summed E-state index contributed by atoms with van der Waals surface area (Å²) in [6.07, 6.45) is 0.0532. The third-order valence-electron chi connectivity index (χ3n) is 4.87. The largest absolute Gasteiger partial charge is 0.444 e. The maximum atomic E-state index is 13.2. The van der Waals surface area contributed by atoms with Gasteiger partial charge in [0.25, 0.3) is 5.91 Å². The van der Waals surface area contributed by atoms with Gasteiger partial charge in [-0.25, -0.2) is 0 Å². The number of esters is 1. The summed E-state index contributed by atoms with van der Waals surface area (Å²) < 4.78 is 5.19. The van der Waals surface area contributed by atoms with Gasteiger partial charge in [-0.3, -0.25) is 19.3 Å². The lowest BCUT2D eigenvalue weighted by molar-refractivity contribution is -0.145. The molecule has 2 aliphatic rings. The van der Waals surface area contributed by atoms with Gasteiger partial charge in [-0.2, -0.15) is 0 Å². The molecular weight excluding hydrogens is 372 g/mol. The zero-order valence-corrected chi connectivity index (χ0v) is 15.7. The quantitative estimate of drug-likeness (QED) is 0.623. The molecule has 0 saturated carbocycles. The van der Waals surface area contributed by atoms with E-state index in [1.165, 1.54) is 11.8 Å². The molecule has 7 nitrogen and oxygen atoms in total. The van der Waals surface area contributed by atoms with Crippen LogP contribution in [-0.2, 0) is 19.1 Å². The van der Waals surface area contributed by atoms with Crippen LogP contribution in [0, 0.1) is 0 Å². The molecule has 29 heavy (non-hydrogen) atoms. The molecule has 0 aromatic heterocycles. The van der Waals surface area contributed by atoms with Crippen molar-refractivity contribution in [1.29, 1.82) is 0 Å². The fourth-order valence-electron chi connectivity index (χ4n) is 3.43. The highest BCUT2D eigenvalue weighted by Crippen LogP contribution is 2.41. The van der Waals surface area contributed by atoms with E-state index in [4.69, 9.17) is 4.74 Å². The van der Waals surface area contributed by atoms with Gasteiger partial charge in [0.2, 0.25) is 5.78 Å². The second-order valence-corrected chi connectivity index (χ2v) is 6.85. The Bertz CT molecular complexity index is 1090. The Morgan fingerprint density at radius 1 is 0.966 bits per heavy atom. The highest BCUT2D eigenvalue weighted by atomic mass is 16.5. The number of Topliss-reactive ketones (excluding diaryl/α,β-unsaturated/α-hetero) is 2. The number of ether oxygens (including phenoxy) is 1. The number of nitrogens with zero attached hydrogens (tertiary/aromatic N) is 1. The molecule has 1 amide bonds. The minimum Gasteiger partial charge on any atom is -0.444 e. The number of nitrogens with one attached hydrogen (secondary N) is 1. The SMILES string of the molecule is CC(=O)CCC(=O)OCN1C(=O)/C(=C2\Nc3ccccc3C2=O)c2ccccc21. The summed E-state index contributed by atoms with van der Waals surface area (Å²) in [5.74, 6) is -1.34.